The molecule has 3 nitrogen and oxygen atoms in total. The second-order valence-corrected chi connectivity index (χ2v) is 6.15. The fraction of sp³-hybridized carbons (Fsp3) is 0.353. The van der Waals surface area contributed by atoms with Gasteiger partial charge in [0.25, 0.3) is 0 Å². The van der Waals surface area contributed by atoms with Gasteiger partial charge in [-0.3, -0.25) is 4.79 Å². The number of thioether (sulfide) groups is 1. The van der Waals surface area contributed by atoms with Crippen molar-refractivity contribution in [3.05, 3.63) is 42.5 Å². The molecule has 112 valence electrons. The van der Waals surface area contributed by atoms with Crippen molar-refractivity contribution in [2.45, 2.75) is 24.3 Å². The molecule has 2 aromatic carbocycles. The lowest BCUT2D eigenvalue weighted by atomic mass is 10.1. The minimum Gasteiger partial charge on any atom is -0.465 e. The predicted octanol–water partition coefficient (Wildman–Crippen LogP) is 3.47. The Morgan fingerprint density at radius 2 is 1.95 bits per heavy atom. The Kier molecular flexibility index (Phi) is 5.26. The SMILES string of the molecule is CCOC(=O)C(C)(CSc1ccc2ccccc2c1)NC. The Hall–Kier alpha value is -1.52. The summed E-state index contributed by atoms with van der Waals surface area (Å²) in [5.41, 5.74) is -0.674. The maximum atomic E-state index is 12.0. The van der Waals surface area contributed by atoms with E-state index in [-0.39, 0.29) is 5.97 Å². The number of likely N-dealkylation sites (N-methyl/N-ethyl adjacent to an activating group) is 1. The second-order valence-electron chi connectivity index (χ2n) is 5.10. The maximum absolute atomic E-state index is 12.0. The summed E-state index contributed by atoms with van der Waals surface area (Å²) in [5, 5.41) is 5.51. The molecular weight excluding hydrogens is 282 g/mol. The number of fused-ring (bicyclic) bond motifs is 1. The van der Waals surface area contributed by atoms with Gasteiger partial charge in [0.2, 0.25) is 0 Å². The molecule has 1 unspecified atom stereocenters. The molecule has 0 saturated heterocycles. The molecule has 2 rings (SSSR count). The minimum absolute atomic E-state index is 0.208. The highest BCUT2D eigenvalue weighted by Gasteiger charge is 2.33. The molecule has 0 heterocycles. The van der Waals surface area contributed by atoms with Gasteiger partial charge < -0.3 is 10.1 Å². The van der Waals surface area contributed by atoms with Gasteiger partial charge in [0.15, 0.2) is 0 Å². The minimum atomic E-state index is -0.674. The number of nitrogens with one attached hydrogen (secondary N) is 1. The summed E-state index contributed by atoms with van der Waals surface area (Å²) in [6.45, 7) is 4.10. The fourth-order valence-corrected chi connectivity index (χ4v) is 3.10. The molecule has 4 heteroatoms. The van der Waals surface area contributed by atoms with Crippen LogP contribution in [0.25, 0.3) is 10.8 Å². The van der Waals surface area contributed by atoms with Crippen molar-refractivity contribution in [1.82, 2.24) is 5.32 Å². The highest BCUT2D eigenvalue weighted by atomic mass is 32.2. The van der Waals surface area contributed by atoms with E-state index < -0.39 is 5.54 Å². The molecule has 0 amide bonds. The molecule has 0 saturated carbocycles. The van der Waals surface area contributed by atoms with Crippen LogP contribution in [0.15, 0.2) is 47.4 Å². The summed E-state index contributed by atoms with van der Waals surface area (Å²) < 4.78 is 5.14. The molecule has 0 aliphatic carbocycles. The van der Waals surface area contributed by atoms with Crippen LogP contribution in [-0.2, 0) is 9.53 Å². The number of hydrogen-bond donors (Lipinski definition) is 1. The highest BCUT2D eigenvalue weighted by Crippen LogP contribution is 2.26. The molecule has 0 aliphatic rings. The summed E-state index contributed by atoms with van der Waals surface area (Å²) in [5.74, 6) is 0.418. The zero-order valence-electron chi connectivity index (χ0n) is 12.7. The van der Waals surface area contributed by atoms with Gasteiger partial charge in [0, 0.05) is 10.6 Å². The molecule has 1 N–H and O–H groups in total. The van der Waals surface area contributed by atoms with E-state index >= 15 is 0 Å². The van der Waals surface area contributed by atoms with E-state index in [1.54, 1.807) is 18.8 Å². The van der Waals surface area contributed by atoms with E-state index in [4.69, 9.17) is 4.74 Å². The molecule has 2 aromatic rings. The van der Waals surface area contributed by atoms with Crippen LogP contribution in [0.4, 0.5) is 0 Å². The second kappa shape index (κ2) is 6.96. The number of ether oxygens (including phenoxy) is 1. The smallest absolute Gasteiger partial charge is 0.326 e. The third-order valence-electron chi connectivity index (χ3n) is 3.53. The Balaban J connectivity index is 2.10. The molecule has 0 aliphatic heterocycles. The first kappa shape index (κ1) is 15.9. The quantitative estimate of drug-likeness (QED) is 0.655. The monoisotopic (exact) mass is 303 g/mol. The summed E-state index contributed by atoms with van der Waals surface area (Å²) >= 11 is 1.66. The van der Waals surface area contributed by atoms with Crippen LogP contribution < -0.4 is 5.32 Å². The van der Waals surface area contributed by atoms with Crippen LogP contribution in [0.2, 0.25) is 0 Å². The van der Waals surface area contributed by atoms with Crippen molar-refractivity contribution in [1.29, 1.82) is 0 Å². The Morgan fingerprint density at radius 3 is 2.62 bits per heavy atom. The van der Waals surface area contributed by atoms with Gasteiger partial charge in [0.05, 0.1) is 6.61 Å². The van der Waals surface area contributed by atoms with Crippen LogP contribution in [0.5, 0.6) is 0 Å². The van der Waals surface area contributed by atoms with Gasteiger partial charge in [0.1, 0.15) is 5.54 Å². The molecule has 0 spiro atoms. The molecular formula is C17H21NO2S. The maximum Gasteiger partial charge on any atom is 0.326 e. The highest BCUT2D eigenvalue weighted by molar-refractivity contribution is 7.99. The van der Waals surface area contributed by atoms with Gasteiger partial charge >= 0.3 is 5.97 Å². The average Bonchev–Trinajstić information content (AvgIpc) is 2.52. The summed E-state index contributed by atoms with van der Waals surface area (Å²) in [6, 6.07) is 14.6. The summed E-state index contributed by atoms with van der Waals surface area (Å²) in [4.78, 5) is 13.2. The molecule has 0 bridgehead atoms. The van der Waals surface area contributed by atoms with Crippen LogP contribution in [-0.4, -0.2) is 30.9 Å². The van der Waals surface area contributed by atoms with Gasteiger partial charge in [-0.1, -0.05) is 30.3 Å². The van der Waals surface area contributed by atoms with Crippen molar-refractivity contribution in [3.8, 4) is 0 Å². The number of hydrogen-bond acceptors (Lipinski definition) is 4. The van der Waals surface area contributed by atoms with Crippen LogP contribution in [0.3, 0.4) is 0 Å². The van der Waals surface area contributed by atoms with Crippen molar-refractivity contribution >= 4 is 28.5 Å². The molecule has 0 radical (unpaired) electrons. The predicted molar refractivity (Wildman–Crippen MR) is 88.8 cm³/mol. The number of carbonyl (C=O) groups excluding carboxylic acids is 1. The van der Waals surface area contributed by atoms with E-state index in [2.05, 4.69) is 35.6 Å². The molecule has 21 heavy (non-hydrogen) atoms. The Bertz CT molecular complexity index is 629. The number of benzene rings is 2. The zero-order chi connectivity index (χ0) is 15.3. The number of esters is 1. The van der Waals surface area contributed by atoms with Crippen molar-refractivity contribution < 1.29 is 9.53 Å². The summed E-state index contributed by atoms with van der Waals surface area (Å²) in [7, 11) is 1.79. The summed E-state index contributed by atoms with van der Waals surface area (Å²) in [6.07, 6.45) is 0. The molecule has 0 fully saturated rings. The number of rotatable bonds is 6. The lowest BCUT2D eigenvalue weighted by Crippen LogP contribution is -2.50. The molecule has 1 atom stereocenters. The van der Waals surface area contributed by atoms with Gasteiger partial charge in [-0.25, -0.2) is 0 Å². The van der Waals surface area contributed by atoms with Gasteiger partial charge in [-0.05, 0) is 43.8 Å². The van der Waals surface area contributed by atoms with Crippen LogP contribution in [0, 0.1) is 0 Å². The van der Waals surface area contributed by atoms with Crippen LogP contribution in [0.1, 0.15) is 13.8 Å². The van der Waals surface area contributed by atoms with E-state index in [9.17, 15) is 4.79 Å². The topological polar surface area (TPSA) is 38.3 Å². The van der Waals surface area contributed by atoms with Crippen molar-refractivity contribution in [2.75, 3.05) is 19.4 Å². The van der Waals surface area contributed by atoms with E-state index in [0.29, 0.717) is 12.4 Å². The van der Waals surface area contributed by atoms with Crippen molar-refractivity contribution in [2.24, 2.45) is 0 Å². The van der Waals surface area contributed by atoms with Crippen molar-refractivity contribution in [3.63, 3.8) is 0 Å². The van der Waals surface area contributed by atoms with E-state index in [1.165, 1.54) is 10.8 Å². The van der Waals surface area contributed by atoms with Gasteiger partial charge in [-0.15, -0.1) is 11.8 Å². The van der Waals surface area contributed by atoms with Gasteiger partial charge in [-0.2, -0.15) is 0 Å². The average molecular weight is 303 g/mol. The normalized spacial score (nSPS) is 13.9. The lowest BCUT2D eigenvalue weighted by molar-refractivity contribution is -0.149. The standard InChI is InChI=1S/C17H21NO2S/c1-4-20-16(19)17(2,18-3)12-21-15-10-9-13-7-5-6-8-14(13)11-15/h5-11,18H,4,12H2,1-3H3. The molecule has 0 aromatic heterocycles. The zero-order valence-corrected chi connectivity index (χ0v) is 13.5. The Morgan fingerprint density at radius 1 is 1.24 bits per heavy atom. The fourth-order valence-electron chi connectivity index (χ4n) is 2.01. The van der Waals surface area contributed by atoms with E-state index in [0.717, 1.165) is 4.90 Å². The Labute approximate surface area is 130 Å². The first-order valence-electron chi connectivity index (χ1n) is 7.07. The third kappa shape index (κ3) is 3.77. The van der Waals surface area contributed by atoms with E-state index in [1.807, 2.05) is 26.0 Å². The largest absolute Gasteiger partial charge is 0.465 e. The lowest BCUT2D eigenvalue weighted by Gasteiger charge is -2.26. The number of carbonyl (C=O) groups is 1. The third-order valence-corrected chi connectivity index (χ3v) is 4.84. The first-order valence-corrected chi connectivity index (χ1v) is 8.05. The first-order chi connectivity index (χ1) is 10.1. The van der Waals surface area contributed by atoms with Crippen LogP contribution >= 0.6 is 11.8 Å².